The fourth-order valence-corrected chi connectivity index (χ4v) is 9.51. The molecule has 0 heteroatoms. The van der Waals surface area contributed by atoms with Gasteiger partial charge in [-0.3, -0.25) is 0 Å². The van der Waals surface area contributed by atoms with E-state index in [1.54, 1.807) is 0 Å². The monoisotopic (exact) mass is 412 g/mol. The van der Waals surface area contributed by atoms with E-state index >= 15 is 0 Å². The lowest BCUT2D eigenvalue weighted by Crippen LogP contribution is -2.50. The molecule has 4 aliphatic carbocycles. The molecule has 4 aliphatic rings. The molecule has 0 spiro atoms. The van der Waals surface area contributed by atoms with Crippen LogP contribution in [-0.2, 0) is 0 Å². The second-order valence-corrected chi connectivity index (χ2v) is 13.3. The van der Waals surface area contributed by atoms with Gasteiger partial charge < -0.3 is 0 Å². The molecular weight excluding hydrogens is 360 g/mol. The molecule has 3 saturated carbocycles. The molecule has 0 radical (unpaired) electrons. The molecule has 1 unspecified atom stereocenters. The van der Waals surface area contributed by atoms with Crippen molar-refractivity contribution in [2.45, 2.75) is 119 Å². The van der Waals surface area contributed by atoms with E-state index in [2.05, 4.69) is 54.5 Å². The van der Waals surface area contributed by atoms with Crippen LogP contribution in [0.2, 0.25) is 0 Å². The predicted octanol–water partition coefficient (Wildman–Crippen LogP) is 9.30. The number of hydrogen-bond acceptors (Lipinski definition) is 0. The van der Waals surface area contributed by atoms with Gasteiger partial charge in [0.25, 0.3) is 0 Å². The van der Waals surface area contributed by atoms with E-state index in [0.29, 0.717) is 10.8 Å². The van der Waals surface area contributed by atoms with Gasteiger partial charge in [-0.15, -0.1) is 0 Å². The van der Waals surface area contributed by atoms with Crippen molar-refractivity contribution in [1.82, 2.24) is 0 Å². The smallest absolute Gasteiger partial charge is 0.00851 e. The molecule has 0 saturated heterocycles. The van der Waals surface area contributed by atoms with Gasteiger partial charge in [0.05, 0.1) is 0 Å². The van der Waals surface area contributed by atoms with E-state index in [4.69, 9.17) is 0 Å². The lowest BCUT2D eigenvalue weighted by Gasteiger charge is -2.58. The minimum atomic E-state index is 0.548. The molecular formula is C30H52. The summed E-state index contributed by atoms with van der Waals surface area (Å²) in [5, 5.41) is 0. The van der Waals surface area contributed by atoms with Crippen LogP contribution in [0, 0.1) is 58.2 Å². The summed E-state index contributed by atoms with van der Waals surface area (Å²) in [5.74, 6) is 7.59. The van der Waals surface area contributed by atoms with Crippen molar-refractivity contribution in [1.29, 1.82) is 0 Å². The van der Waals surface area contributed by atoms with E-state index in [0.717, 1.165) is 47.3 Å². The zero-order valence-electron chi connectivity index (χ0n) is 21.5. The molecule has 4 rings (SSSR count). The van der Waals surface area contributed by atoms with Gasteiger partial charge in [0.15, 0.2) is 0 Å². The Morgan fingerprint density at radius 3 is 2.43 bits per heavy atom. The normalized spacial score (nSPS) is 45.3. The topological polar surface area (TPSA) is 0 Å². The zero-order chi connectivity index (χ0) is 21.7. The zero-order valence-corrected chi connectivity index (χ0v) is 21.5. The van der Waals surface area contributed by atoms with Crippen LogP contribution in [0.3, 0.4) is 0 Å². The van der Waals surface area contributed by atoms with Crippen LogP contribution >= 0.6 is 0 Å². The van der Waals surface area contributed by atoms with Crippen molar-refractivity contribution in [3.63, 3.8) is 0 Å². The number of allylic oxidation sites excluding steroid dienone is 2. The Hall–Kier alpha value is -0.260. The third kappa shape index (κ3) is 3.75. The van der Waals surface area contributed by atoms with Crippen molar-refractivity contribution in [3.05, 3.63) is 11.6 Å². The molecule has 30 heavy (non-hydrogen) atoms. The summed E-state index contributed by atoms with van der Waals surface area (Å²) >= 11 is 0. The van der Waals surface area contributed by atoms with E-state index in [9.17, 15) is 0 Å². The Morgan fingerprint density at radius 1 is 0.967 bits per heavy atom. The fraction of sp³-hybridized carbons (Fsp3) is 0.933. The van der Waals surface area contributed by atoms with E-state index in [1.165, 1.54) is 70.6 Å². The highest BCUT2D eigenvalue weighted by molar-refractivity contribution is 5.25. The van der Waals surface area contributed by atoms with Gasteiger partial charge in [-0.25, -0.2) is 0 Å². The van der Waals surface area contributed by atoms with Crippen molar-refractivity contribution < 1.29 is 0 Å². The molecule has 0 aromatic carbocycles. The average Bonchev–Trinajstić information content (AvgIpc) is 3.06. The summed E-state index contributed by atoms with van der Waals surface area (Å²) in [5.41, 5.74) is 3.05. The molecule has 0 amide bonds. The molecule has 0 N–H and O–H groups in total. The van der Waals surface area contributed by atoms with Crippen molar-refractivity contribution in [2.75, 3.05) is 0 Å². The van der Waals surface area contributed by atoms with Crippen LogP contribution in [0.15, 0.2) is 11.6 Å². The first-order valence-electron chi connectivity index (χ1n) is 13.9. The Kier molecular flexibility index (Phi) is 6.56. The second-order valence-electron chi connectivity index (χ2n) is 13.3. The second kappa shape index (κ2) is 8.59. The average molecular weight is 413 g/mol. The Balaban J connectivity index is 1.47. The van der Waals surface area contributed by atoms with E-state index in [1.807, 2.05) is 5.57 Å². The Morgan fingerprint density at radius 2 is 1.73 bits per heavy atom. The Labute approximate surface area is 189 Å². The summed E-state index contributed by atoms with van der Waals surface area (Å²) in [4.78, 5) is 0. The summed E-state index contributed by atoms with van der Waals surface area (Å²) in [6.07, 6.45) is 18.9. The predicted molar refractivity (Wildman–Crippen MR) is 131 cm³/mol. The standard InChI is InChI=1S/C30H52/c1-8-23(20(2)3)10-9-22(5)26-13-14-27-25-12-11-24-19-21(4)15-17-29(24,6)28(25)16-18-30(26,27)7/h11,20-23,25-28H,8-10,12-19H2,1-7H3/t21-,22+,23+,25?,26+,27-,28-,29-,30+/m0/s1. The highest BCUT2D eigenvalue weighted by atomic mass is 14.6. The van der Waals surface area contributed by atoms with Gasteiger partial charge >= 0.3 is 0 Å². The van der Waals surface area contributed by atoms with Gasteiger partial charge in [-0.2, -0.15) is 0 Å². The van der Waals surface area contributed by atoms with E-state index in [-0.39, 0.29) is 0 Å². The summed E-state index contributed by atoms with van der Waals surface area (Å²) < 4.78 is 0. The maximum Gasteiger partial charge on any atom is -0.00851 e. The maximum absolute atomic E-state index is 2.76. The van der Waals surface area contributed by atoms with Gasteiger partial charge in [0.2, 0.25) is 0 Å². The quantitative estimate of drug-likeness (QED) is 0.381. The van der Waals surface area contributed by atoms with Crippen LogP contribution < -0.4 is 0 Å². The van der Waals surface area contributed by atoms with Crippen LogP contribution in [0.5, 0.6) is 0 Å². The van der Waals surface area contributed by atoms with Crippen molar-refractivity contribution in [3.8, 4) is 0 Å². The van der Waals surface area contributed by atoms with Crippen LogP contribution in [-0.4, -0.2) is 0 Å². The summed E-state index contributed by atoms with van der Waals surface area (Å²) in [6, 6.07) is 0. The minimum Gasteiger partial charge on any atom is -0.0845 e. The third-order valence-corrected chi connectivity index (χ3v) is 11.6. The molecule has 9 atom stereocenters. The molecule has 0 bridgehead atoms. The van der Waals surface area contributed by atoms with Crippen LogP contribution in [0.25, 0.3) is 0 Å². The highest BCUT2D eigenvalue weighted by Gasteiger charge is 2.58. The SMILES string of the molecule is CC[C@H](CC[C@@H](C)[C@H]1CC[C@H]2C3CC=C4C[C@@H](C)CC[C@]4(C)[C@H]3CC[C@]12C)C(C)C. The number of fused-ring (bicyclic) bond motifs is 5. The van der Waals surface area contributed by atoms with Crippen LogP contribution in [0.4, 0.5) is 0 Å². The largest absolute Gasteiger partial charge is 0.0845 e. The molecule has 0 heterocycles. The van der Waals surface area contributed by atoms with Gasteiger partial charge in [-0.1, -0.05) is 73.0 Å². The minimum absolute atomic E-state index is 0.548. The van der Waals surface area contributed by atoms with Gasteiger partial charge in [0.1, 0.15) is 0 Å². The summed E-state index contributed by atoms with van der Waals surface area (Å²) in [6.45, 7) is 17.8. The first kappa shape index (κ1) is 22.9. The molecule has 0 aliphatic heterocycles. The number of hydrogen-bond donors (Lipinski definition) is 0. The van der Waals surface area contributed by atoms with Crippen molar-refractivity contribution >= 4 is 0 Å². The fourth-order valence-electron chi connectivity index (χ4n) is 9.51. The van der Waals surface area contributed by atoms with Crippen LogP contribution in [0.1, 0.15) is 119 Å². The first-order chi connectivity index (χ1) is 14.2. The lowest BCUT2D eigenvalue weighted by atomic mass is 9.46. The van der Waals surface area contributed by atoms with Gasteiger partial charge in [-0.05, 0) is 116 Å². The molecule has 172 valence electrons. The first-order valence-corrected chi connectivity index (χ1v) is 13.9. The molecule has 3 fully saturated rings. The lowest BCUT2D eigenvalue weighted by molar-refractivity contribution is -0.0525. The third-order valence-electron chi connectivity index (χ3n) is 11.6. The Bertz CT molecular complexity index is 628. The maximum atomic E-state index is 2.76. The highest BCUT2D eigenvalue weighted by Crippen LogP contribution is 2.67. The molecule has 0 aromatic heterocycles. The molecule has 0 aromatic rings. The summed E-state index contributed by atoms with van der Waals surface area (Å²) in [7, 11) is 0. The van der Waals surface area contributed by atoms with Crippen molar-refractivity contribution in [2.24, 2.45) is 58.2 Å². The van der Waals surface area contributed by atoms with Gasteiger partial charge in [0, 0.05) is 0 Å². The number of rotatable bonds is 6. The van der Waals surface area contributed by atoms with E-state index < -0.39 is 0 Å². The molecule has 0 nitrogen and oxygen atoms in total.